The Labute approximate surface area is 285 Å². The molecule has 7 aromatic carbocycles. The van der Waals surface area contributed by atoms with E-state index in [2.05, 4.69) is 125 Å². The molecule has 0 unspecified atom stereocenters. The second kappa shape index (κ2) is 10.3. The highest BCUT2D eigenvalue weighted by molar-refractivity contribution is 6.21. The molecule has 4 aromatic heterocycles. The first-order valence-corrected chi connectivity index (χ1v) is 16.7. The molecule has 5 nitrogen and oxygen atoms in total. The van der Waals surface area contributed by atoms with Gasteiger partial charge in [0.2, 0.25) is 0 Å². The van der Waals surface area contributed by atoms with Crippen LogP contribution in [0.25, 0.3) is 87.7 Å². The summed E-state index contributed by atoms with van der Waals surface area (Å²) in [5.41, 5.74) is 10.6. The number of pyridine rings is 1. The molecule has 11 rings (SSSR count). The zero-order valence-corrected chi connectivity index (χ0v) is 26.6. The van der Waals surface area contributed by atoms with Gasteiger partial charge in [0.05, 0.1) is 6.20 Å². The third-order valence-electron chi connectivity index (χ3n) is 9.97. The third-order valence-corrected chi connectivity index (χ3v) is 9.97. The Hall–Kier alpha value is -6.85. The highest BCUT2D eigenvalue weighted by Crippen LogP contribution is 2.43. The summed E-state index contributed by atoms with van der Waals surface area (Å²) in [5, 5.41) is 8.90. The van der Waals surface area contributed by atoms with E-state index < -0.39 is 0 Å². The van der Waals surface area contributed by atoms with Crippen LogP contribution < -0.4 is 4.90 Å². The van der Waals surface area contributed by atoms with Crippen LogP contribution in [-0.2, 0) is 0 Å². The Morgan fingerprint density at radius 1 is 0.380 bits per heavy atom. The maximum absolute atomic E-state index is 6.20. The molecule has 0 aliphatic heterocycles. The normalized spacial score (nSPS) is 12.0. The Bertz CT molecular complexity index is 3000. The number of fused-ring (bicyclic) bond motifs is 11. The second-order valence-corrected chi connectivity index (χ2v) is 12.8. The molecule has 234 valence electrons. The van der Waals surface area contributed by atoms with Crippen molar-refractivity contribution in [1.29, 1.82) is 0 Å². The van der Waals surface area contributed by atoms with Crippen molar-refractivity contribution in [2.24, 2.45) is 0 Å². The molecule has 0 aliphatic carbocycles. The molecule has 0 saturated heterocycles. The molecule has 0 N–H and O–H groups in total. The maximum atomic E-state index is 6.20. The fraction of sp³-hybridized carbons (Fsp3) is 0. The predicted octanol–water partition coefficient (Wildman–Crippen LogP) is 13.1. The molecule has 50 heavy (non-hydrogen) atoms. The number of nitrogens with zero attached hydrogens (tertiary/aromatic N) is 2. The SMILES string of the molecule is c1ccc2c(c1)oc1ccc(N(c3ccc(-c4cccc5c4ccc4oc6cnccc6c45)cc3)c3ccc4oc5ccccc5c4c3)cc12. The number of hydrogen-bond donors (Lipinski definition) is 0. The van der Waals surface area contributed by atoms with Crippen molar-refractivity contribution in [2.75, 3.05) is 4.90 Å². The average Bonchev–Trinajstić information content (AvgIpc) is 3.86. The summed E-state index contributed by atoms with van der Waals surface area (Å²) in [6.45, 7) is 0. The van der Waals surface area contributed by atoms with Crippen molar-refractivity contribution in [2.45, 2.75) is 0 Å². The molecule has 0 radical (unpaired) electrons. The highest BCUT2D eigenvalue weighted by atomic mass is 16.3. The molecule has 0 fully saturated rings. The van der Waals surface area contributed by atoms with Crippen LogP contribution in [-0.4, -0.2) is 4.98 Å². The minimum absolute atomic E-state index is 0.799. The van der Waals surface area contributed by atoms with Gasteiger partial charge in [-0.1, -0.05) is 72.8 Å². The lowest BCUT2D eigenvalue weighted by Crippen LogP contribution is -2.09. The Morgan fingerprint density at radius 2 is 0.960 bits per heavy atom. The zero-order valence-electron chi connectivity index (χ0n) is 26.6. The minimum Gasteiger partial charge on any atom is -0.456 e. The molecule has 0 amide bonds. The topological polar surface area (TPSA) is 55.6 Å². The standard InChI is InChI=1S/C45H26N2O3/c1-3-10-39-33(6-1)37-24-29(16-19-41(37)48-39)47(30-17-20-42-38(25-30)34-7-2-4-11-40(34)49-42)28-14-12-27(13-15-28)31-8-5-9-35-32(31)18-21-43-45(35)36-22-23-46-26-44(36)50-43/h1-26H. The molecular formula is C45H26N2O3. The minimum atomic E-state index is 0.799. The summed E-state index contributed by atoms with van der Waals surface area (Å²) in [4.78, 5) is 6.57. The van der Waals surface area contributed by atoms with E-state index in [1.165, 1.54) is 10.9 Å². The number of para-hydroxylation sites is 2. The summed E-state index contributed by atoms with van der Waals surface area (Å²) in [7, 11) is 0. The zero-order chi connectivity index (χ0) is 32.8. The van der Waals surface area contributed by atoms with Crippen LogP contribution in [0.4, 0.5) is 17.1 Å². The third kappa shape index (κ3) is 3.98. The van der Waals surface area contributed by atoms with Crippen molar-refractivity contribution in [3.63, 3.8) is 0 Å². The molecular weight excluding hydrogens is 617 g/mol. The van der Waals surface area contributed by atoms with Gasteiger partial charge in [0.1, 0.15) is 27.9 Å². The largest absolute Gasteiger partial charge is 0.456 e. The molecule has 11 aromatic rings. The van der Waals surface area contributed by atoms with Crippen molar-refractivity contribution in [3.8, 4) is 11.1 Å². The number of furan rings is 3. The van der Waals surface area contributed by atoms with Crippen LogP contribution in [0.2, 0.25) is 0 Å². The summed E-state index contributed by atoms with van der Waals surface area (Å²) < 4.78 is 18.5. The van der Waals surface area contributed by atoms with E-state index in [1.807, 2.05) is 36.5 Å². The van der Waals surface area contributed by atoms with Gasteiger partial charge in [0, 0.05) is 55.6 Å². The number of hydrogen-bond acceptors (Lipinski definition) is 5. The van der Waals surface area contributed by atoms with Crippen molar-refractivity contribution in [1.82, 2.24) is 4.98 Å². The van der Waals surface area contributed by atoms with Crippen molar-refractivity contribution in [3.05, 3.63) is 158 Å². The highest BCUT2D eigenvalue weighted by Gasteiger charge is 2.19. The Balaban J connectivity index is 1.09. The maximum Gasteiger partial charge on any atom is 0.153 e. The van der Waals surface area contributed by atoms with Gasteiger partial charge in [-0.05, 0) is 94.7 Å². The number of benzene rings is 7. The first kappa shape index (κ1) is 27.1. The fourth-order valence-corrected chi connectivity index (χ4v) is 7.68. The summed E-state index contributed by atoms with van der Waals surface area (Å²) in [5.74, 6) is 0. The van der Waals surface area contributed by atoms with Gasteiger partial charge in [-0.2, -0.15) is 0 Å². The van der Waals surface area contributed by atoms with Crippen molar-refractivity contribution >= 4 is 93.7 Å². The van der Waals surface area contributed by atoms with Crippen LogP contribution in [0.5, 0.6) is 0 Å². The summed E-state index contributed by atoms with van der Waals surface area (Å²) in [6, 6.07) is 50.9. The summed E-state index contributed by atoms with van der Waals surface area (Å²) >= 11 is 0. The number of anilines is 3. The molecule has 0 spiro atoms. The van der Waals surface area contributed by atoms with Gasteiger partial charge < -0.3 is 18.2 Å². The summed E-state index contributed by atoms with van der Waals surface area (Å²) in [6.07, 6.45) is 3.61. The van der Waals surface area contributed by atoms with Gasteiger partial charge in [-0.15, -0.1) is 0 Å². The first-order chi connectivity index (χ1) is 24.8. The lowest BCUT2D eigenvalue weighted by Gasteiger charge is -2.26. The monoisotopic (exact) mass is 642 g/mol. The van der Waals surface area contributed by atoms with E-state index in [4.69, 9.17) is 13.3 Å². The van der Waals surface area contributed by atoms with Crippen LogP contribution in [0.1, 0.15) is 0 Å². The molecule has 4 heterocycles. The van der Waals surface area contributed by atoms with Gasteiger partial charge in [-0.3, -0.25) is 4.98 Å². The smallest absolute Gasteiger partial charge is 0.153 e. The molecule has 0 saturated carbocycles. The molecule has 5 heteroatoms. The van der Waals surface area contributed by atoms with Crippen LogP contribution in [0.15, 0.2) is 171 Å². The number of aromatic nitrogens is 1. The predicted molar refractivity (Wildman–Crippen MR) is 204 cm³/mol. The van der Waals surface area contributed by atoms with E-state index in [9.17, 15) is 0 Å². The second-order valence-electron chi connectivity index (χ2n) is 12.8. The van der Waals surface area contributed by atoms with Gasteiger partial charge in [0.15, 0.2) is 5.58 Å². The lowest BCUT2D eigenvalue weighted by molar-refractivity contribution is 0.667. The van der Waals surface area contributed by atoms with Crippen LogP contribution in [0, 0.1) is 0 Å². The first-order valence-electron chi connectivity index (χ1n) is 16.7. The van der Waals surface area contributed by atoms with E-state index in [-0.39, 0.29) is 0 Å². The van der Waals surface area contributed by atoms with Gasteiger partial charge in [0.25, 0.3) is 0 Å². The van der Waals surface area contributed by atoms with E-state index in [1.54, 1.807) is 6.20 Å². The van der Waals surface area contributed by atoms with E-state index >= 15 is 0 Å². The van der Waals surface area contributed by atoms with Crippen molar-refractivity contribution < 1.29 is 13.3 Å². The average molecular weight is 643 g/mol. The van der Waals surface area contributed by atoms with Crippen LogP contribution >= 0.6 is 0 Å². The van der Waals surface area contributed by atoms with E-state index in [0.717, 1.165) is 93.8 Å². The van der Waals surface area contributed by atoms with E-state index in [0.29, 0.717) is 0 Å². The molecule has 0 aliphatic rings. The van der Waals surface area contributed by atoms with Crippen LogP contribution in [0.3, 0.4) is 0 Å². The quantitative estimate of drug-likeness (QED) is 0.191. The number of rotatable bonds is 4. The lowest BCUT2D eigenvalue weighted by atomic mass is 9.95. The fourth-order valence-electron chi connectivity index (χ4n) is 7.68. The Morgan fingerprint density at radius 3 is 1.66 bits per heavy atom. The van der Waals surface area contributed by atoms with Gasteiger partial charge >= 0.3 is 0 Å². The Kier molecular flexibility index (Phi) is 5.60. The molecule has 0 atom stereocenters. The van der Waals surface area contributed by atoms with Gasteiger partial charge in [-0.25, -0.2) is 0 Å². The molecule has 0 bridgehead atoms.